The fourth-order valence-corrected chi connectivity index (χ4v) is 2.87. The lowest BCUT2D eigenvalue weighted by Crippen LogP contribution is -2.38. The predicted molar refractivity (Wildman–Crippen MR) is 73.5 cm³/mol. The first-order valence-electron chi connectivity index (χ1n) is 6.87. The van der Waals surface area contributed by atoms with E-state index in [1.807, 2.05) is 22.6 Å². The molecule has 2 aromatic heterocycles. The van der Waals surface area contributed by atoms with E-state index in [1.54, 1.807) is 7.11 Å². The molecule has 0 bridgehead atoms. The van der Waals surface area contributed by atoms with Crippen LogP contribution in [-0.4, -0.2) is 46.2 Å². The van der Waals surface area contributed by atoms with Crippen LogP contribution in [0.1, 0.15) is 25.1 Å². The number of methoxy groups -OCH3 is 1. The molecule has 0 amide bonds. The molecule has 1 saturated heterocycles. The highest BCUT2D eigenvalue weighted by Crippen LogP contribution is 2.21. The number of pyridine rings is 1. The van der Waals surface area contributed by atoms with Crippen LogP contribution in [0.25, 0.3) is 5.65 Å². The van der Waals surface area contributed by atoms with Gasteiger partial charge in [-0.1, -0.05) is 12.5 Å². The van der Waals surface area contributed by atoms with E-state index in [1.165, 1.54) is 25.8 Å². The number of likely N-dealkylation sites (N-methyl/N-ethyl adjacent to an activating group) is 1. The van der Waals surface area contributed by atoms with Gasteiger partial charge >= 0.3 is 0 Å². The lowest BCUT2D eigenvalue weighted by molar-refractivity contribution is 0.182. The van der Waals surface area contributed by atoms with Gasteiger partial charge in [0.25, 0.3) is 0 Å². The summed E-state index contributed by atoms with van der Waals surface area (Å²) in [5.41, 5.74) is 0.854. The molecule has 5 heteroatoms. The summed E-state index contributed by atoms with van der Waals surface area (Å²) in [4.78, 5) is 2.43. The van der Waals surface area contributed by atoms with Crippen molar-refractivity contribution >= 4 is 5.65 Å². The van der Waals surface area contributed by atoms with Crippen molar-refractivity contribution < 1.29 is 4.74 Å². The minimum atomic E-state index is 0.561. The van der Waals surface area contributed by atoms with Crippen molar-refractivity contribution in [3.8, 4) is 5.88 Å². The molecule has 1 fully saturated rings. The van der Waals surface area contributed by atoms with Crippen LogP contribution in [0.2, 0.25) is 0 Å². The van der Waals surface area contributed by atoms with E-state index in [9.17, 15) is 0 Å². The van der Waals surface area contributed by atoms with E-state index in [0.29, 0.717) is 6.04 Å². The highest BCUT2D eigenvalue weighted by Gasteiger charge is 2.22. The second-order valence-corrected chi connectivity index (χ2v) is 5.21. The van der Waals surface area contributed by atoms with E-state index in [2.05, 4.69) is 22.1 Å². The zero-order valence-corrected chi connectivity index (χ0v) is 11.5. The first-order chi connectivity index (χ1) is 9.29. The summed E-state index contributed by atoms with van der Waals surface area (Å²) >= 11 is 0. The Hall–Kier alpha value is -1.62. The number of rotatable bonds is 3. The van der Waals surface area contributed by atoms with Gasteiger partial charge in [0.1, 0.15) is 5.82 Å². The van der Waals surface area contributed by atoms with Gasteiger partial charge in [-0.05, 0) is 38.6 Å². The molecule has 1 aliphatic rings. The molecule has 1 unspecified atom stereocenters. The summed E-state index contributed by atoms with van der Waals surface area (Å²) in [6, 6.07) is 6.42. The second-order valence-electron chi connectivity index (χ2n) is 5.21. The van der Waals surface area contributed by atoms with Crippen molar-refractivity contribution in [3.63, 3.8) is 0 Å². The molecule has 0 N–H and O–H groups in total. The summed E-state index contributed by atoms with van der Waals surface area (Å²) < 4.78 is 7.43. The number of nitrogens with zero attached hydrogens (tertiary/aromatic N) is 4. The standard InChI is InChI=1S/C14H20N4O/c1-17-9-4-3-6-11(17)10-13-16-15-12-7-5-8-14(19-2)18(12)13/h5,7-8,11H,3-4,6,9-10H2,1-2H3. The first kappa shape index (κ1) is 12.4. The maximum absolute atomic E-state index is 5.41. The average molecular weight is 260 g/mol. The van der Waals surface area contributed by atoms with Crippen LogP contribution < -0.4 is 4.74 Å². The minimum Gasteiger partial charge on any atom is -0.482 e. The smallest absolute Gasteiger partial charge is 0.200 e. The third-order valence-electron chi connectivity index (χ3n) is 4.01. The lowest BCUT2D eigenvalue weighted by Gasteiger charge is -2.31. The minimum absolute atomic E-state index is 0.561. The van der Waals surface area contributed by atoms with Gasteiger partial charge in [0.15, 0.2) is 5.65 Å². The molecule has 0 spiro atoms. The maximum Gasteiger partial charge on any atom is 0.200 e. The molecule has 102 valence electrons. The van der Waals surface area contributed by atoms with E-state index in [4.69, 9.17) is 4.74 Å². The molecule has 1 atom stereocenters. The highest BCUT2D eigenvalue weighted by atomic mass is 16.5. The number of ether oxygens (including phenoxy) is 1. The topological polar surface area (TPSA) is 42.7 Å². The maximum atomic E-state index is 5.41. The Labute approximate surface area is 113 Å². The third-order valence-corrected chi connectivity index (χ3v) is 4.01. The Balaban J connectivity index is 1.92. The molecular formula is C14H20N4O. The Kier molecular flexibility index (Phi) is 3.38. The number of fused-ring (bicyclic) bond motifs is 1. The van der Waals surface area contributed by atoms with Gasteiger partial charge in [-0.3, -0.25) is 0 Å². The van der Waals surface area contributed by atoms with Crippen LogP contribution in [0.5, 0.6) is 5.88 Å². The van der Waals surface area contributed by atoms with Crippen molar-refractivity contribution in [2.75, 3.05) is 20.7 Å². The molecule has 3 heterocycles. The molecule has 0 aromatic carbocycles. The van der Waals surface area contributed by atoms with Gasteiger partial charge in [-0.25, -0.2) is 4.40 Å². The van der Waals surface area contributed by atoms with Gasteiger partial charge in [0.05, 0.1) is 7.11 Å². The van der Waals surface area contributed by atoms with E-state index < -0.39 is 0 Å². The Morgan fingerprint density at radius 1 is 1.32 bits per heavy atom. The zero-order chi connectivity index (χ0) is 13.2. The average Bonchev–Trinajstić information content (AvgIpc) is 2.85. The van der Waals surface area contributed by atoms with Crippen molar-refractivity contribution in [1.82, 2.24) is 19.5 Å². The van der Waals surface area contributed by atoms with Crippen LogP contribution in [0.3, 0.4) is 0 Å². The van der Waals surface area contributed by atoms with Crippen LogP contribution in [0.4, 0.5) is 0 Å². The number of aromatic nitrogens is 3. The van der Waals surface area contributed by atoms with Crippen LogP contribution in [0, 0.1) is 0 Å². The summed E-state index contributed by atoms with van der Waals surface area (Å²) in [5, 5.41) is 8.57. The van der Waals surface area contributed by atoms with Gasteiger partial charge in [0, 0.05) is 12.5 Å². The number of hydrogen-bond acceptors (Lipinski definition) is 4. The SMILES string of the molecule is COc1cccc2nnc(CC3CCCCN3C)n12. The third kappa shape index (κ3) is 2.30. The molecule has 5 nitrogen and oxygen atoms in total. The Bertz CT molecular complexity index is 566. The molecule has 3 rings (SSSR count). The van der Waals surface area contributed by atoms with E-state index in [0.717, 1.165) is 23.8 Å². The normalized spacial score (nSPS) is 20.8. The second kappa shape index (κ2) is 5.17. The molecule has 1 aliphatic heterocycles. The lowest BCUT2D eigenvalue weighted by atomic mass is 10.00. The van der Waals surface area contributed by atoms with Crippen LogP contribution in [-0.2, 0) is 6.42 Å². The molecule has 2 aromatic rings. The Morgan fingerprint density at radius 2 is 2.21 bits per heavy atom. The fourth-order valence-electron chi connectivity index (χ4n) is 2.87. The molecule has 19 heavy (non-hydrogen) atoms. The largest absolute Gasteiger partial charge is 0.482 e. The number of likely N-dealkylation sites (tertiary alicyclic amines) is 1. The molecule has 0 saturated carbocycles. The predicted octanol–water partition coefficient (Wildman–Crippen LogP) is 1.76. The first-order valence-corrected chi connectivity index (χ1v) is 6.87. The van der Waals surface area contributed by atoms with Crippen LogP contribution in [0.15, 0.2) is 18.2 Å². The van der Waals surface area contributed by atoms with Gasteiger partial charge in [-0.15, -0.1) is 10.2 Å². The molecule has 0 aliphatic carbocycles. The zero-order valence-electron chi connectivity index (χ0n) is 11.5. The Morgan fingerprint density at radius 3 is 3.00 bits per heavy atom. The van der Waals surface area contributed by atoms with E-state index >= 15 is 0 Å². The van der Waals surface area contributed by atoms with Crippen molar-refractivity contribution in [2.24, 2.45) is 0 Å². The quantitative estimate of drug-likeness (QED) is 0.843. The molecular weight excluding hydrogens is 240 g/mol. The highest BCUT2D eigenvalue weighted by molar-refractivity contribution is 5.42. The summed E-state index contributed by atoms with van der Waals surface area (Å²) in [5.74, 6) is 1.79. The van der Waals surface area contributed by atoms with Crippen molar-refractivity contribution in [3.05, 3.63) is 24.0 Å². The van der Waals surface area contributed by atoms with Gasteiger partial charge in [0.2, 0.25) is 5.88 Å². The van der Waals surface area contributed by atoms with Crippen molar-refractivity contribution in [1.29, 1.82) is 0 Å². The monoisotopic (exact) mass is 260 g/mol. The number of hydrogen-bond donors (Lipinski definition) is 0. The summed E-state index contributed by atoms with van der Waals surface area (Å²) in [6.07, 6.45) is 4.78. The number of piperidine rings is 1. The van der Waals surface area contributed by atoms with E-state index in [-0.39, 0.29) is 0 Å². The van der Waals surface area contributed by atoms with Gasteiger partial charge in [-0.2, -0.15) is 0 Å². The van der Waals surface area contributed by atoms with Gasteiger partial charge < -0.3 is 9.64 Å². The van der Waals surface area contributed by atoms with Crippen LogP contribution >= 0.6 is 0 Å². The molecule has 0 radical (unpaired) electrons. The summed E-state index contributed by atoms with van der Waals surface area (Å²) in [7, 11) is 3.88. The summed E-state index contributed by atoms with van der Waals surface area (Å²) in [6.45, 7) is 1.18. The fraction of sp³-hybridized carbons (Fsp3) is 0.571. The van der Waals surface area contributed by atoms with Crippen molar-refractivity contribution in [2.45, 2.75) is 31.7 Å².